The molecule has 38 heavy (non-hydrogen) atoms. The molecule has 6 heteroatoms. The van der Waals surface area contributed by atoms with Gasteiger partial charge in [-0.25, -0.2) is 0 Å². The summed E-state index contributed by atoms with van der Waals surface area (Å²) in [6.45, 7) is 4.94. The molecular weight excluding hydrogens is 488 g/mol. The molecule has 4 heterocycles. The van der Waals surface area contributed by atoms with Crippen LogP contribution in [-0.2, 0) is 4.79 Å². The molecule has 5 atom stereocenters. The number of rotatable bonds is 4. The van der Waals surface area contributed by atoms with Crippen molar-refractivity contribution >= 4 is 17.7 Å². The zero-order chi connectivity index (χ0) is 25.5. The highest BCUT2D eigenvalue weighted by atomic mass is 32.2. The monoisotopic (exact) mass is 528 g/mol. The first-order valence-corrected chi connectivity index (χ1v) is 15.6. The maximum absolute atomic E-state index is 14.7. The van der Waals surface area contributed by atoms with Crippen molar-refractivity contribution in [1.29, 1.82) is 0 Å². The topological polar surface area (TPSA) is 47.6 Å². The van der Waals surface area contributed by atoms with Gasteiger partial charge in [0.05, 0.1) is 12.0 Å². The predicted molar refractivity (Wildman–Crippen MR) is 154 cm³/mol. The molecule has 1 amide bonds. The van der Waals surface area contributed by atoms with Crippen LogP contribution in [0.3, 0.4) is 0 Å². The van der Waals surface area contributed by atoms with Crippen LogP contribution in [-0.4, -0.2) is 53.9 Å². The van der Waals surface area contributed by atoms with E-state index >= 15 is 0 Å². The van der Waals surface area contributed by atoms with Crippen LogP contribution in [0.5, 0.6) is 0 Å². The third-order valence-corrected chi connectivity index (χ3v) is 11.4. The van der Waals surface area contributed by atoms with E-state index in [9.17, 15) is 4.79 Å². The molecule has 7 rings (SSSR count). The molecule has 1 spiro atoms. The van der Waals surface area contributed by atoms with Crippen LogP contribution < -0.4 is 10.6 Å². The highest BCUT2D eigenvalue weighted by molar-refractivity contribution is 8.03. The fourth-order valence-corrected chi connectivity index (χ4v) is 9.54. The first-order valence-electron chi connectivity index (χ1n) is 14.7. The van der Waals surface area contributed by atoms with Crippen LogP contribution in [0, 0.1) is 11.3 Å². The summed E-state index contributed by atoms with van der Waals surface area (Å²) in [5.41, 5.74) is 4.41. The van der Waals surface area contributed by atoms with Gasteiger partial charge < -0.3 is 15.5 Å². The van der Waals surface area contributed by atoms with E-state index in [1.165, 1.54) is 54.1 Å². The van der Waals surface area contributed by atoms with Gasteiger partial charge in [0.1, 0.15) is 5.50 Å². The van der Waals surface area contributed by atoms with Crippen molar-refractivity contribution in [3.05, 3.63) is 82.4 Å². The number of piperidine rings is 1. The van der Waals surface area contributed by atoms with Crippen LogP contribution >= 0.6 is 11.8 Å². The molecule has 2 N–H and O–H groups in total. The van der Waals surface area contributed by atoms with Crippen LogP contribution in [0.15, 0.2) is 71.3 Å². The quantitative estimate of drug-likeness (QED) is 0.553. The maximum Gasteiger partial charge on any atom is 0.228 e. The van der Waals surface area contributed by atoms with Crippen molar-refractivity contribution in [1.82, 2.24) is 20.4 Å². The van der Waals surface area contributed by atoms with Gasteiger partial charge in [-0.1, -0.05) is 72.4 Å². The van der Waals surface area contributed by atoms with Gasteiger partial charge in [0.25, 0.3) is 0 Å². The van der Waals surface area contributed by atoms with E-state index < -0.39 is 0 Å². The third-order valence-electron chi connectivity index (χ3n) is 9.87. The summed E-state index contributed by atoms with van der Waals surface area (Å²) in [7, 11) is 0. The standard InChI is InChI=1S/C32H40N4OS/c37-30(36-19-15-25(23-10-3-1-4-11-23)20-28(36)24-12-5-2-6-13-24)26-21-33-22-32(26)16-9-14-27-29(32)38-31(34-27)35-17-7-8-18-35/h1-6,10-13,25-26,28,31,33-34H,7-9,14-22H2/t25-,26+,28+,31?,32-/m1/s1. The predicted octanol–water partition coefficient (Wildman–Crippen LogP) is 5.45. The van der Waals surface area contributed by atoms with Gasteiger partial charge in [-0.05, 0) is 62.0 Å². The van der Waals surface area contributed by atoms with Gasteiger partial charge >= 0.3 is 0 Å². The van der Waals surface area contributed by atoms with E-state index in [4.69, 9.17) is 0 Å². The van der Waals surface area contributed by atoms with Crippen LogP contribution in [0.1, 0.15) is 68.0 Å². The number of hydrogen-bond donors (Lipinski definition) is 2. The second-order valence-electron chi connectivity index (χ2n) is 11.9. The molecule has 0 saturated carbocycles. The Bertz CT molecular complexity index is 1180. The average Bonchev–Trinajstić information content (AvgIpc) is 3.74. The number of benzene rings is 2. The molecule has 200 valence electrons. The second kappa shape index (κ2) is 10.4. The lowest BCUT2D eigenvalue weighted by Crippen LogP contribution is -2.49. The smallest absolute Gasteiger partial charge is 0.228 e. The number of nitrogens with one attached hydrogen (secondary N) is 2. The average molecular weight is 529 g/mol. The first-order chi connectivity index (χ1) is 18.7. The van der Waals surface area contributed by atoms with E-state index in [2.05, 4.69) is 81.1 Å². The molecule has 4 aliphatic heterocycles. The van der Waals surface area contributed by atoms with Crippen molar-refractivity contribution in [2.75, 3.05) is 32.7 Å². The molecule has 0 aromatic heterocycles. The Balaban J connectivity index is 1.17. The number of carbonyl (C=O) groups excluding carboxylic acids is 1. The van der Waals surface area contributed by atoms with Crippen LogP contribution in [0.25, 0.3) is 0 Å². The number of thioether (sulfide) groups is 1. The van der Waals surface area contributed by atoms with Gasteiger partial charge in [0.15, 0.2) is 0 Å². The van der Waals surface area contributed by atoms with Crippen molar-refractivity contribution in [3.63, 3.8) is 0 Å². The minimum absolute atomic E-state index is 0.0129. The molecule has 1 aliphatic carbocycles. The lowest BCUT2D eigenvalue weighted by Gasteiger charge is -2.45. The number of nitrogens with zero attached hydrogens (tertiary/aromatic N) is 2. The number of fused-ring (bicyclic) bond motifs is 1. The molecular formula is C32H40N4OS. The molecule has 3 fully saturated rings. The van der Waals surface area contributed by atoms with Crippen molar-refractivity contribution in [3.8, 4) is 0 Å². The van der Waals surface area contributed by atoms with E-state index in [0.717, 1.165) is 45.3 Å². The highest BCUT2D eigenvalue weighted by Gasteiger charge is 2.55. The van der Waals surface area contributed by atoms with E-state index in [-0.39, 0.29) is 17.4 Å². The molecule has 5 nitrogen and oxygen atoms in total. The first kappa shape index (κ1) is 24.7. The molecule has 0 bridgehead atoms. The van der Waals surface area contributed by atoms with Gasteiger partial charge in [-0.2, -0.15) is 0 Å². The molecule has 3 saturated heterocycles. The van der Waals surface area contributed by atoms with Crippen molar-refractivity contribution in [2.24, 2.45) is 11.3 Å². The molecule has 1 unspecified atom stereocenters. The Hall–Kier alpha value is -2.28. The minimum Gasteiger partial charge on any atom is -0.364 e. The Morgan fingerprint density at radius 1 is 0.921 bits per heavy atom. The third kappa shape index (κ3) is 4.29. The fourth-order valence-electron chi connectivity index (χ4n) is 7.90. The van der Waals surface area contributed by atoms with Crippen molar-refractivity contribution < 1.29 is 4.79 Å². The zero-order valence-corrected chi connectivity index (χ0v) is 23.1. The van der Waals surface area contributed by atoms with Gasteiger partial charge in [-0.3, -0.25) is 9.69 Å². The zero-order valence-electron chi connectivity index (χ0n) is 22.3. The van der Waals surface area contributed by atoms with E-state index in [1.807, 2.05) is 11.8 Å². The summed E-state index contributed by atoms with van der Waals surface area (Å²) in [4.78, 5) is 21.0. The molecule has 2 aromatic carbocycles. The molecule has 0 radical (unpaired) electrons. The minimum atomic E-state index is -0.0612. The van der Waals surface area contributed by atoms with E-state index in [0.29, 0.717) is 17.3 Å². The van der Waals surface area contributed by atoms with Crippen molar-refractivity contribution in [2.45, 2.75) is 62.4 Å². The highest BCUT2D eigenvalue weighted by Crippen LogP contribution is 2.57. The van der Waals surface area contributed by atoms with E-state index in [1.54, 1.807) is 0 Å². The Kier molecular flexibility index (Phi) is 6.75. The summed E-state index contributed by atoms with van der Waals surface area (Å²) in [5, 5.41) is 7.60. The van der Waals surface area contributed by atoms with Crippen LogP contribution in [0.2, 0.25) is 0 Å². The van der Waals surface area contributed by atoms with Gasteiger partial charge in [0.2, 0.25) is 5.91 Å². The Labute approximate surface area is 231 Å². The number of allylic oxidation sites excluding steroid dienone is 1. The lowest BCUT2D eigenvalue weighted by molar-refractivity contribution is -0.142. The van der Waals surface area contributed by atoms with Gasteiger partial charge in [0, 0.05) is 48.7 Å². The second-order valence-corrected chi connectivity index (χ2v) is 13.0. The molecule has 5 aliphatic rings. The summed E-state index contributed by atoms with van der Waals surface area (Å²) >= 11 is 2.03. The Morgan fingerprint density at radius 2 is 1.66 bits per heavy atom. The summed E-state index contributed by atoms with van der Waals surface area (Å²) in [5.74, 6) is 0.870. The largest absolute Gasteiger partial charge is 0.364 e. The fraction of sp³-hybridized carbons (Fsp3) is 0.531. The number of likely N-dealkylation sites (tertiary alicyclic amines) is 2. The van der Waals surface area contributed by atoms with Gasteiger partial charge in [-0.15, -0.1) is 0 Å². The van der Waals surface area contributed by atoms with Crippen LogP contribution in [0.4, 0.5) is 0 Å². The summed E-state index contributed by atoms with van der Waals surface area (Å²) in [6.07, 6.45) is 8.05. The summed E-state index contributed by atoms with van der Waals surface area (Å²) < 4.78 is 0. The normalized spacial score (nSPS) is 33.5. The molecule has 2 aromatic rings. The Morgan fingerprint density at radius 3 is 2.42 bits per heavy atom. The maximum atomic E-state index is 14.7. The number of hydrogen-bond acceptors (Lipinski definition) is 5. The lowest BCUT2D eigenvalue weighted by atomic mass is 9.69. The SMILES string of the molecule is O=C([C@@H]1CNC[C@]12CCCC1=C2SC(N2CCCC2)N1)N1CC[C@@H](c2ccccc2)C[C@H]1c1ccccc1. The number of carbonyl (C=O) groups is 1. The summed E-state index contributed by atoms with van der Waals surface area (Å²) in [6, 6.07) is 21.8. The number of amides is 1.